The number of ether oxygens (including phenoxy) is 1. The normalized spacial score (nSPS) is 31.4. The predicted octanol–water partition coefficient (Wildman–Crippen LogP) is 2.70. The zero-order valence-corrected chi connectivity index (χ0v) is 16.8. The lowest BCUT2D eigenvalue weighted by atomic mass is 9.54. The second kappa shape index (κ2) is 7.13. The van der Waals surface area contributed by atoms with Crippen LogP contribution in [-0.2, 0) is 10.3 Å². The lowest BCUT2D eigenvalue weighted by Crippen LogP contribution is -2.69. The van der Waals surface area contributed by atoms with Crippen LogP contribution < -0.4 is 10.6 Å². The maximum absolute atomic E-state index is 10.8. The van der Waals surface area contributed by atoms with Gasteiger partial charge in [-0.3, -0.25) is 0 Å². The summed E-state index contributed by atoms with van der Waals surface area (Å²) < 4.78 is 11.7. The van der Waals surface area contributed by atoms with Crippen LogP contribution in [0.25, 0.3) is 0 Å². The Balaban J connectivity index is 1.48. The molecule has 3 N–H and O–H groups in total. The van der Waals surface area contributed by atoms with Gasteiger partial charge in [-0.05, 0) is 52.2 Å². The fourth-order valence-electron chi connectivity index (χ4n) is 5.41. The molecule has 3 fully saturated rings. The largest absolute Gasteiger partial charge is 0.463 e. The van der Waals surface area contributed by atoms with Gasteiger partial charge >= 0.3 is 0 Å². The molecule has 1 aromatic heterocycles. The Morgan fingerprint density at radius 2 is 2.15 bits per heavy atom. The summed E-state index contributed by atoms with van der Waals surface area (Å²) in [7, 11) is 0. The summed E-state index contributed by atoms with van der Waals surface area (Å²) in [5.41, 5.74) is -0.849. The molecule has 4 atom stereocenters. The van der Waals surface area contributed by atoms with E-state index in [0.29, 0.717) is 23.8 Å². The van der Waals surface area contributed by atoms with Crippen LogP contribution in [0.4, 0.5) is 0 Å². The number of guanidine groups is 1. The Kier molecular flexibility index (Phi) is 4.97. The Bertz CT molecular complexity index is 691. The lowest BCUT2D eigenvalue weighted by molar-refractivity contribution is -0.125. The third kappa shape index (κ3) is 3.27. The minimum atomic E-state index is -1.12. The molecule has 1 aromatic rings. The van der Waals surface area contributed by atoms with Gasteiger partial charge < -0.3 is 24.9 Å². The number of aliphatic imine (C=N–C) groups is 1. The summed E-state index contributed by atoms with van der Waals surface area (Å²) in [6.45, 7) is 7.62. The van der Waals surface area contributed by atoms with Crippen molar-refractivity contribution in [1.29, 1.82) is 0 Å². The van der Waals surface area contributed by atoms with Crippen LogP contribution in [0.3, 0.4) is 0 Å². The van der Waals surface area contributed by atoms with Crippen LogP contribution >= 0.6 is 0 Å². The van der Waals surface area contributed by atoms with Crippen LogP contribution in [-0.4, -0.2) is 42.9 Å². The first-order valence-corrected chi connectivity index (χ1v) is 10.4. The lowest BCUT2D eigenvalue weighted by Gasteiger charge is -2.57. The topological polar surface area (TPSA) is 79.0 Å². The number of rotatable bonds is 5. The number of nitrogens with zero attached hydrogens (tertiary/aromatic N) is 1. The molecule has 1 aliphatic heterocycles. The van der Waals surface area contributed by atoms with E-state index in [0.717, 1.165) is 31.3 Å². The molecule has 6 heteroatoms. The van der Waals surface area contributed by atoms with E-state index < -0.39 is 5.60 Å². The van der Waals surface area contributed by atoms with Crippen LogP contribution in [0.5, 0.6) is 0 Å². The summed E-state index contributed by atoms with van der Waals surface area (Å²) >= 11 is 0. The van der Waals surface area contributed by atoms with Crippen molar-refractivity contribution in [2.24, 2.45) is 16.3 Å². The third-order valence-electron chi connectivity index (χ3n) is 6.74. The summed E-state index contributed by atoms with van der Waals surface area (Å²) in [4.78, 5) is 4.70. The number of furan rings is 1. The first-order chi connectivity index (χ1) is 13.0. The van der Waals surface area contributed by atoms with E-state index in [1.165, 1.54) is 25.7 Å². The molecule has 3 aliphatic rings. The van der Waals surface area contributed by atoms with Crippen molar-refractivity contribution in [2.75, 3.05) is 19.7 Å². The zero-order valence-electron chi connectivity index (χ0n) is 16.8. The predicted molar refractivity (Wildman–Crippen MR) is 105 cm³/mol. The van der Waals surface area contributed by atoms with Gasteiger partial charge in [-0.2, -0.15) is 0 Å². The highest BCUT2D eigenvalue weighted by Gasteiger charge is 2.65. The quantitative estimate of drug-likeness (QED) is 0.545. The van der Waals surface area contributed by atoms with Crippen molar-refractivity contribution in [3.8, 4) is 0 Å². The molecular weight excluding hydrogens is 342 g/mol. The molecule has 0 bridgehead atoms. The van der Waals surface area contributed by atoms with Gasteiger partial charge in [-0.1, -0.05) is 12.8 Å². The van der Waals surface area contributed by atoms with E-state index in [1.54, 1.807) is 6.92 Å². The molecule has 6 nitrogen and oxygen atoms in total. The van der Waals surface area contributed by atoms with Gasteiger partial charge in [0.1, 0.15) is 17.1 Å². The van der Waals surface area contributed by atoms with Crippen LogP contribution in [0.15, 0.2) is 21.5 Å². The van der Waals surface area contributed by atoms with Gasteiger partial charge in [-0.25, -0.2) is 4.99 Å². The van der Waals surface area contributed by atoms with E-state index in [2.05, 4.69) is 17.6 Å². The second-order valence-electron chi connectivity index (χ2n) is 8.69. The summed E-state index contributed by atoms with van der Waals surface area (Å²) in [6.07, 6.45) is 6.64. The molecule has 27 heavy (non-hydrogen) atoms. The number of hydrogen-bond acceptors (Lipinski definition) is 4. The number of nitrogens with one attached hydrogen (secondary N) is 2. The first-order valence-electron chi connectivity index (χ1n) is 10.4. The monoisotopic (exact) mass is 375 g/mol. The number of fused-ring (bicyclic) bond motifs is 2. The van der Waals surface area contributed by atoms with Gasteiger partial charge in [0.15, 0.2) is 5.96 Å². The number of aliphatic hydroxyl groups is 1. The molecule has 1 spiro atoms. The first kappa shape index (κ1) is 18.8. The highest BCUT2D eigenvalue weighted by atomic mass is 16.5. The van der Waals surface area contributed by atoms with Crippen molar-refractivity contribution in [2.45, 2.75) is 70.6 Å². The van der Waals surface area contributed by atoms with Gasteiger partial charge in [0.25, 0.3) is 0 Å². The molecule has 0 aromatic carbocycles. The van der Waals surface area contributed by atoms with Gasteiger partial charge in [0, 0.05) is 30.5 Å². The molecule has 2 saturated carbocycles. The third-order valence-corrected chi connectivity index (χ3v) is 6.74. The molecule has 1 saturated heterocycles. The Morgan fingerprint density at radius 1 is 1.37 bits per heavy atom. The van der Waals surface area contributed by atoms with Crippen LogP contribution in [0.1, 0.15) is 57.5 Å². The number of aryl methyl sites for hydroxylation is 1. The Hall–Kier alpha value is -1.53. The maximum atomic E-state index is 10.8. The van der Waals surface area contributed by atoms with Crippen molar-refractivity contribution in [1.82, 2.24) is 10.6 Å². The maximum Gasteiger partial charge on any atom is 0.191 e. The molecule has 4 rings (SSSR count). The number of hydrogen-bond donors (Lipinski definition) is 3. The van der Waals surface area contributed by atoms with Gasteiger partial charge in [0.2, 0.25) is 0 Å². The summed E-state index contributed by atoms with van der Waals surface area (Å²) in [5.74, 6) is 2.71. The molecule has 0 amide bonds. The highest BCUT2D eigenvalue weighted by molar-refractivity contribution is 5.80. The summed E-state index contributed by atoms with van der Waals surface area (Å²) in [5, 5.41) is 17.9. The van der Waals surface area contributed by atoms with E-state index in [4.69, 9.17) is 14.1 Å². The minimum absolute atomic E-state index is 0.250. The molecule has 2 aliphatic carbocycles. The molecule has 0 radical (unpaired) electrons. The van der Waals surface area contributed by atoms with Crippen LogP contribution in [0, 0.1) is 18.3 Å². The zero-order chi connectivity index (χ0) is 19.1. The molecular formula is C21H33N3O3. The fraction of sp³-hybridized carbons (Fsp3) is 0.762. The Labute approximate surface area is 161 Å². The van der Waals surface area contributed by atoms with Gasteiger partial charge in [0.05, 0.1) is 12.6 Å². The van der Waals surface area contributed by atoms with E-state index in [9.17, 15) is 5.11 Å². The van der Waals surface area contributed by atoms with E-state index >= 15 is 0 Å². The fourth-order valence-corrected chi connectivity index (χ4v) is 5.41. The van der Waals surface area contributed by atoms with Crippen molar-refractivity contribution in [3.05, 3.63) is 23.7 Å². The van der Waals surface area contributed by atoms with Gasteiger partial charge in [-0.15, -0.1) is 0 Å². The SMILES string of the molecule is CCNC(=NCC(C)(O)c1ccc(C)o1)NC1C2CCOC2C12CCCC2. The van der Waals surface area contributed by atoms with E-state index in [-0.39, 0.29) is 12.0 Å². The van der Waals surface area contributed by atoms with Crippen molar-refractivity contribution < 1.29 is 14.3 Å². The standard InChI is InChI=1S/C21H33N3O3/c1-4-22-19(23-13-20(3,25)16-8-7-14(2)27-16)24-17-15-9-12-26-18(15)21(17)10-5-6-11-21/h7-8,15,17-18,25H,4-6,9-13H2,1-3H3,(H2,22,23,24). The van der Waals surface area contributed by atoms with Crippen molar-refractivity contribution in [3.63, 3.8) is 0 Å². The average molecular weight is 376 g/mol. The Morgan fingerprint density at radius 3 is 2.81 bits per heavy atom. The second-order valence-corrected chi connectivity index (χ2v) is 8.69. The summed E-state index contributed by atoms with van der Waals surface area (Å²) in [6, 6.07) is 4.11. The highest BCUT2D eigenvalue weighted by Crippen LogP contribution is 2.60. The molecule has 150 valence electrons. The molecule has 4 unspecified atom stereocenters. The average Bonchev–Trinajstić information content (AvgIpc) is 3.36. The smallest absolute Gasteiger partial charge is 0.191 e. The van der Waals surface area contributed by atoms with E-state index in [1.807, 2.05) is 19.1 Å². The van der Waals surface area contributed by atoms with Crippen molar-refractivity contribution >= 4 is 5.96 Å². The minimum Gasteiger partial charge on any atom is -0.463 e. The van der Waals surface area contributed by atoms with Crippen LogP contribution in [0.2, 0.25) is 0 Å². The molecule has 2 heterocycles.